The third kappa shape index (κ3) is 6.02. The number of aliphatic imine (C=N–C) groups is 1. The maximum atomic E-state index is 8.47. The molecular formula is C13H18N4OS. The highest BCUT2D eigenvalue weighted by Gasteiger charge is 1.98. The van der Waals surface area contributed by atoms with Gasteiger partial charge in [-0.05, 0) is 17.7 Å². The van der Waals surface area contributed by atoms with E-state index in [-0.39, 0.29) is 0 Å². The van der Waals surface area contributed by atoms with Gasteiger partial charge in [0.1, 0.15) is 5.75 Å². The Morgan fingerprint density at radius 1 is 1.53 bits per heavy atom. The Hall–Kier alpha value is -1.87. The van der Waals surface area contributed by atoms with Crippen molar-refractivity contribution in [3.05, 3.63) is 29.8 Å². The number of benzene rings is 1. The van der Waals surface area contributed by atoms with Crippen LogP contribution in [0.1, 0.15) is 5.56 Å². The molecule has 0 spiro atoms. The highest BCUT2D eigenvalue weighted by Crippen LogP contribution is 2.17. The van der Waals surface area contributed by atoms with Crippen LogP contribution in [-0.2, 0) is 5.75 Å². The SMILES string of the molecule is CN=C(NC#N)NCCSCc1cccc(OC)c1. The lowest BCUT2D eigenvalue weighted by molar-refractivity contribution is 0.414. The van der Waals surface area contributed by atoms with Crippen molar-refractivity contribution in [2.24, 2.45) is 4.99 Å². The third-order valence-electron chi connectivity index (χ3n) is 2.34. The minimum atomic E-state index is 0.504. The number of nitrogens with zero attached hydrogens (tertiary/aromatic N) is 2. The lowest BCUT2D eigenvalue weighted by Crippen LogP contribution is -2.35. The number of rotatable bonds is 6. The largest absolute Gasteiger partial charge is 0.497 e. The molecule has 0 aliphatic rings. The van der Waals surface area contributed by atoms with Gasteiger partial charge in [-0.3, -0.25) is 10.3 Å². The molecule has 1 aromatic rings. The summed E-state index contributed by atoms with van der Waals surface area (Å²) in [4.78, 5) is 3.90. The van der Waals surface area contributed by atoms with Crippen LogP contribution in [0.2, 0.25) is 0 Å². The molecule has 0 bridgehead atoms. The third-order valence-corrected chi connectivity index (χ3v) is 3.37. The molecule has 1 aromatic carbocycles. The van der Waals surface area contributed by atoms with Crippen molar-refractivity contribution in [3.63, 3.8) is 0 Å². The predicted molar refractivity (Wildman–Crippen MR) is 79.3 cm³/mol. The fourth-order valence-electron chi connectivity index (χ4n) is 1.43. The van der Waals surface area contributed by atoms with Gasteiger partial charge in [-0.25, -0.2) is 0 Å². The molecule has 0 atom stereocenters. The zero-order valence-corrected chi connectivity index (χ0v) is 12.0. The summed E-state index contributed by atoms with van der Waals surface area (Å²) in [5.74, 6) is 3.26. The highest BCUT2D eigenvalue weighted by molar-refractivity contribution is 7.98. The van der Waals surface area contributed by atoms with Crippen molar-refractivity contribution >= 4 is 17.7 Å². The van der Waals surface area contributed by atoms with Crippen molar-refractivity contribution in [1.82, 2.24) is 10.6 Å². The molecule has 6 heteroatoms. The number of methoxy groups -OCH3 is 1. The van der Waals surface area contributed by atoms with E-state index >= 15 is 0 Å². The van der Waals surface area contributed by atoms with Crippen LogP contribution in [0.3, 0.4) is 0 Å². The molecule has 0 heterocycles. The zero-order chi connectivity index (χ0) is 13.9. The molecule has 0 unspecified atom stereocenters. The van der Waals surface area contributed by atoms with E-state index in [9.17, 15) is 0 Å². The van der Waals surface area contributed by atoms with Crippen LogP contribution in [0.5, 0.6) is 5.75 Å². The Morgan fingerprint density at radius 2 is 2.37 bits per heavy atom. The fourth-order valence-corrected chi connectivity index (χ4v) is 2.23. The summed E-state index contributed by atoms with van der Waals surface area (Å²) >= 11 is 1.81. The molecule has 0 fully saturated rings. The highest BCUT2D eigenvalue weighted by atomic mass is 32.2. The standard InChI is InChI=1S/C13H18N4OS/c1-15-13(17-10-14)16-6-7-19-9-11-4-3-5-12(8-11)18-2/h3-5,8H,6-7,9H2,1-2H3,(H2,15,16,17). The van der Waals surface area contributed by atoms with E-state index in [1.54, 1.807) is 14.2 Å². The molecule has 0 saturated heterocycles. The molecule has 19 heavy (non-hydrogen) atoms. The summed E-state index contributed by atoms with van der Waals surface area (Å²) in [5.41, 5.74) is 1.24. The molecule has 2 N–H and O–H groups in total. The lowest BCUT2D eigenvalue weighted by atomic mass is 10.2. The lowest BCUT2D eigenvalue weighted by Gasteiger charge is -2.07. The molecule has 0 amide bonds. The normalized spacial score (nSPS) is 10.7. The number of nitrogens with one attached hydrogen (secondary N) is 2. The maximum Gasteiger partial charge on any atom is 0.204 e. The first-order chi connectivity index (χ1) is 9.30. The van der Waals surface area contributed by atoms with Gasteiger partial charge >= 0.3 is 0 Å². The number of thioether (sulfide) groups is 1. The second-order valence-corrected chi connectivity index (χ2v) is 4.75. The molecule has 0 saturated carbocycles. The van der Waals surface area contributed by atoms with Crippen molar-refractivity contribution in [3.8, 4) is 11.9 Å². The predicted octanol–water partition coefficient (Wildman–Crippen LogP) is 1.57. The number of guanidine groups is 1. The number of ether oxygens (including phenoxy) is 1. The summed E-state index contributed by atoms with van der Waals surface area (Å²) < 4.78 is 5.18. The van der Waals surface area contributed by atoms with Gasteiger partial charge < -0.3 is 10.1 Å². The number of hydrogen-bond acceptors (Lipinski definition) is 4. The first-order valence-electron chi connectivity index (χ1n) is 5.86. The number of nitriles is 1. The van der Waals surface area contributed by atoms with E-state index in [0.717, 1.165) is 23.8 Å². The van der Waals surface area contributed by atoms with Crippen LogP contribution in [0.4, 0.5) is 0 Å². The van der Waals surface area contributed by atoms with Crippen molar-refractivity contribution in [2.45, 2.75) is 5.75 Å². The maximum absolute atomic E-state index is 8.47. The smallest absolute Gasteiger partial charge is 0.204 e. The first kappa shape index (κ1) is 15.2. The second-order valence-electron chi connectivity index (χ2n) is 3.64. The van der Waals surface area contributed by atoms with E-state index in [4.69, 9.17) is 10.00 Å². The van der Waals surface area contributed by atoms with Gasteiger partial charge in [0.25, 0.3) is 0 Å². The van der Waals surface area contributed by atoms with Crippen LogP contribution in [-0.4, -0.2) is 32.4 Å². The Morgan fingerprint density at radius 3 is 3.05 bits per heavy atom. The van der Waals surface area contributed by atoms with Crippen molar-refractivity contribution in [1.29, 1.82) is 5.26 Å². The van der Waals surface area contributed by atoms with E-state index in [0.29, 0.717) is 5.96 Å². The van der Waals surface area contributed by atoms with Gasteiger partial charge in [-0.2, -0.15) is 17.0 Å². The Balaban J connectivity index is 2.22. The van der Waals surface area contributed by atoms with Gasteiger partial charge in [0.05, 0.1) is 7.11 Å². The molecule has 0 aliphatic carbocycles. The molecule has 1 rings (SSSR count). The Labute approximate surface area is 118 Å². The van der Waals surface area contributed by atoms with Crippen molar-refractivity contribution in [2.75, 3.05) is 26.5 Å². The average Bonchev–Trinajstić information content (AvgIpc) is 2.46. The van der Waals surface area contributed by atoms with Gasteiger partial charge in [0, 0.05) is 25.1 Å². The van der Waals surface area contributed by atoms with Gasteiger partial charge in [0.15, 0.2) is 6.19 Å². The van der Waals surface area contributed by atoms with Crippen molar-refractivity contribution < 1.29 is 4.74 Å². The summed E-state index contributed by atoms with van der Waals surface area (Å²) in [5, 5.41) is 14.0. The van der Waals surface area contributed by atoms with Crippen LogP contribution in [0, 0.1) is 11.5 Å². The molecule has 0 aromatic heterocycles. The van der Waals surface area contributed by atoms with Gasteiger partial charge in [-0.1, -0.05) is 12.1 Å². The van der Waals surface area contributed by atoms with Crippen LogP contribution in [0.15, 0.2) is 29.3 Å². The summed E-state index contributed by atoms with van der Waals surface area (Å²) in [6, 6.07) is 8.05. The fraction of sp³-hybridized carbons (Fsp3) is 0.385. The van der Waals surface area contributed by atoms with Crippen LogP contribution >= 0.6 is 11.8 Å². The molecule has 5 nitrogen and oxygen atoms in total. The topological polar surface area (TPSA) is 69.4 Å². The van der Waals surface area contributed by atoms with Crippen LogP contribution < -0.4 is 15.4 Å². The minimum Gasteiger partial charge on any atom is -0.497 e. The molecular weight excluding hydrogens is 260 g/mol. The van der Waals surface area contributed by atoms with E-state index in [1.165, 1.54) is 5.56 Å². The van der Waals surface area contributed by atoms with Gasteiger partial charge in [0.2, 0.25) is 5.96 Å². The van der Waals surface area contributed by atoms with E-state index < -0.39 is 0 Å². The summed E-state index contributed by atoms with van der Waals surface area (Å²) in [6.45, 7) is 0.760. The minimum absolute atomic E-state index is 0.504. The summed E-state index contributed by atoms with van der Waals surface area (Å²) in [6.07, 6.45) is 1.83. The summed E-state index contributed by atoms with van der Waals surface area (Å²) in [7, 11) is 3.31. The number of hydrogen-bond donors (Lipinski definition) is 2. The van der Waals surface area contributed by atoms with E-state index in [1.807, 2.05) is 36.2 Å². The second kappa shape index (κ2) is 9.11. The Bertz CT molecular complexity index is 456. The zero-order valence-electron chi connectivity index (χ0n) is 11.1. The molecule has 102 valence electrons. The Kier molecular flexibility index (Phi) is 7.28. The quantitative estimate of drug-likeness (QED) is 0.272. The molecule has 0 radical (unpaired) electrons. The van der Waals surface area contributed by atoms with Crippen LogP contribution in [0.25, 0.3) is 0 Å². The van der Waals surface area contributed by atoms with E-state index in [2.05, 4.69) is 21.7 Å². The monoisotopic (exact) mass is 278 g/mol. The molecule has 0 aliphatic heterocycles. The van der Waals surface area contributed by atoms with Gasteiger partial charge in [-0.15, -0.1) is 0 Å². The average molecular weight is 278 g/mol. The first-order valence-corrected chi connectivity index (χ1v) is 7.02.